The van der Waals surface area contributed by atoms with Gasteiger partial charge in [0.05, 0.1) is 39.5 Å². The summed E-state index contributed by atoms with van der Waals surface area (Å²) in [4.78, 5) is 22.2. The molecule has 1 atom stereocenters. The van der Waals surface area contributed by atoms with Crippen molar-refractivity contribution in [3.05, 3.63) is 59.3 Å². The summed E-state index contributed by atoms with van der Waals surface area (Å²) in [5.41, 5.74) is 3.30. The number of morpholine rings is 1. The molecule has 1 unspecified atom stereocenters. The Kier molecular flexibility index (Phi) is 9.16. The molecule has 5 heterocycles. The van der Waals surface area contributed by atoms with Crippen molar-refractivity contribution < 1.29 is 27.2 Å². The number of alkyl halides is 3. The van der Waals surface area contributed by atoms with Crippen molar-refractivity contribution in [2.45, 2.75) is 12.3 Å². The normalized spacial score (nSPS) is 15.5. The maximum absolute atomic E-state index is 13.4. The lowest BCUT2D eigenvalue weighted by molar-refractivity contribution is -0.154. The summed E-state index contributed by atoms with van der Waals surface area (Å²) in [5.74, 6) is -0.00135. The first-order valence-electron chi connectivity index (χ1n) is 14.3. The van der Waals surface area contributed by atoms with Crippen molar-refractivity contribution in [2.24, 2.45) is 7.05 Å². The molecule has 6 rings (SSSR count). The zero-order valence-electron chi connectivity index (χ0n) is 25.3. The van der Waals surface area contributed by atoms with Crippen LogP contribution in [-0.2, 0) is 16.3 Å². The molecular weight excluding hydrogens is 704 g/mol. The van der Waals surface area contributed by atoms with Gasteiger partial charge in [0.2, 0.25) is 11.8 Å². The van der Waals surface area contributed by atoms with Gasteiger partial charge in [-0.1, -0.05) is 0 Å². The van der Waals surface area contributed by atoms with Crippen molar-refractivity contribution in [1.29, 1.82) is 0 Å². The summed E-state index contributed by atoms with van der Waals surface area (Å²) in [7, 11) is -1.12. The predicted octanol–water partition coefficient (Wildman–Crippen LogP) is 5.32. The molecule has 0 aliphatic carbocycles. The fourth-order valence-corrected chi connectivity index (χ4v) is 6.75. The minimum Gasteiger partial charge on any atom is -0.467 e. The van der Waals surface area contributed by atoms with E-state index in [1.165, 1.54) is 12.4 Å². The molecule has 5 aromatic rings. The van der Waals surface area contributed by atoms with E-state index in [0.29, 0.717) is 63.0 Å². The fourth-order valence-electron chi connectivity index (χ4n) is 5.07. The lowest BCUT2D eigenvalue weighted by Crippen LogP contribution is -2.34. The van der Waals surface area contributed by atoms with Crippen LogP contribution in [-0.4, -0.2) is 80.5 Å². The first-order chi connectivity index (χ1) is 22.4. The molecule has 3 N–H and O–H groups in total. The van der Waals surface area contributed by atoms with Crippen LogP contribution in [0, 0.1) is 0 Å². The van der Waals surface area contributed by atoms with E-state index in [4.69, 9.17) is 9.47 Å². The number of pyridine rings is 1. The van der Waals surface area contributed by atoms with Gasteiger partial charge in [0, 0.05) is 56.1 Å². The van der Waals surface area contributed by atoms with Crippen LogP contribution in [0.2, 0.25) is 0 Å². The average Bonchev–Trinajstić information content (AvgIpc) is 3.47. The van der Waals surface area contributed by atoms with Gasteiger partial charge in [0.15, 0.2) is 6.61 Å². The first-order valence-corrected chi connectivity index (χ1v) is 17.7. The van der Waals surface area contributed by atoms with Crippen molar-refractivity contribution in [3.63, 3.8) is 0 Å². The smallest absolute Gasteiger partial charge is 0.422 e. The number of benzene rings is 1. The number of hydrogen-bond donors (Lipinski definition) is 3. The highest BCUT2D eigenvalue weighted by Gasteiger charge is 2.31. The third-order valence-corrected chi connectivity index (χ3v) is 9.14. The maximum Gasteiger partial charge on any atom is 0.422 e. The molecule has 4 aromatic heterocycles. The van der Waals surface area contributed by atoms with Crippen molar-refractivity contribution >= 4 is 62.6 Å². The topological polar surface area (TPSA) is 154 Å². The summed E-state index contributed by atoms with van der Waals surface area (Å²) in [5, 5.41) is 14.2. The highest BCUT2D eigenvalue weighted by molar-refractivity contribution is 9.10. The van der Waals surface area contributed by atoms with Crippen LogP contribution >= 0.6 is 23.1 Å². The van der Waals surface area contributed by atoms with E-state index in [-0.39, 0.29) is 23.3 Å². The van der Waals surface area contributed by atoms with E-state index in [2.05, 4.69) is 61.9 Å². The van der Waals surface area contributed by atoms with Gasteiger partial charge in [-0.3, -0.25) is 14.6 Å². The van der Waals surface area contributed by atoms with E-state index < -0.39 is 26.0 Å². The lowest BCUT2D eigenvalue weighted by Gasteiger charge is -2.26. The second kappa shape index (κ2) is 13.1. The number of anilines is 4. The summed E-state index contributed by atoms with van der Waals surface area (Å²) >= 11 is 3.45. The van der Waals surface area contributed by atoms with Gasteiger partial charge >= 0.3 is 6.18 Å². The van der Waals surface area contributed by atoms with Crippen LogP contribution in [0.4, 0.5) is 36.3 Å². The van der Waals surface area contributed by atoms with Gasteiger partial charge in [0.1, 0.15) is 30.3 Å². The van der Waals surface area contributed by atoms with Crippen LogP contribution in [0.25, 0.3) is 22.2 Å². The molecular formula is C29H29BrF3N10O3P. The fraction of sp³-hybridized carbons (Fsp3) is 0.310. The Bertz CT molecular complexity index is 1980. The molecule has 13 nitrogen and oxygen atoms in total. The van der Waals surface area contributed by atoms with Gasteiger partial charge in [-0.25, -0.2) is 9.97 Å². The Morgan fingerprint density at radius 1 is 1.13 bits per heavy atom. The molecule has 0 bridgehead atoms. The van der Waals surface area contributed by atoms with Crippen molar-refractivity contribution in [3.8, 4) is 17.0 Å². The van der Waals surface area contributed by atoms with Gasteiger partial charge in [0.25, 0.3) is 0 Å². The minimum atomic E-state index is -4.62. The number of rotatable bonds is 9. The number of aromatic nitrogens is 7. The minimum absolute atomic E-state index is 0.0214. The van der Waals surface area contributed by atoms with E-state index >= 15 is 0 Å². The molecule has 18 heteroatoms. The number of halogens is 4. The zero-order valence-corrected chi connectivity index (χ0v) is 27.8. The van der Waals surface area contributed by atoms with Crippen LogP contribution in [0.15, 0.2) is 53.7 Å². The first kappa shape index (κ1) is 32.7. The Hall–Kier alpha value is -4.18. The number of ether oxygens (including phenoxy) is 2. The number of hydrogen-bond acceptors (Lipinski definition) is 12. The van der Waals surface area contributed by atoms with Crippen molar-refractivity contribution in [2.75, 3.05) is 50.3 Å². The van der Waals surface area contributed by atoms with Gasteiger partial charge in [-0.2, -0.15) is 23.3 Å². The molecule has 1 saturated heterocycles. The Morgan fingerprint density at radius 3 is 2.64 bits per heavy atom. The predicted molar refractivity (Wildman–Crippen MR) is 174 cm³/mol. The summed E-state index contributed by atoms with van der Waals surface area (Å²) in [6.07, 6.45) is 2.78. The highest BCUT2D eigenvalue weighted by Crippen LogP contribution is 2.42. The van der Waals surface area contributed by atoms with E-state index in [9.17, 15) is 17.7 Å². The second-order valence-corrected chi connectivity index (χ2v) is 15.0. The standard InChI is InChI=1S/C29H29BrF3N10O3P/c1-43-14-16(11-38-43)17-10-21(27(46-15-29(31,32)33)41-23(17)22-13-34-8-9-45-22)40-28-37-12-18(30)26(42-28)39-20-5-4-19-24(36-7-6-35-19)25(20)47(2,3)44/h4-7,10-12,14,22,34H,8-9,13,15H2,1-3H3,(H2,37,39,40,42). The summed E-state index contributed by atoms with van der Waals surface area (Å²) in [6.45, 7) is 3.14. The van der Waals surface area contributed by atoms with Crippen molar-refractivity contribution in [1.82, 2.24) is 40.0 Å². The van der Waals surface area contributed by atoms with E-state index in [1.54, 1.807) is 61.8 Å². The Morgan fingerprint density at radius 2 is 1.94 bits per heavy atom. The van der Waals surface area contributed by atoms with Gasteiger partial charge < -0.3 is 30.0 Å². The quantitative estimate of drug-likeness (QED) is 0.168. The molecule has 47 heavy (non-hydrogen) atoms. The van der Waals surface area contributed by atoms with Gasteiger partial charge in [-0.05, 0) is 47.5 Å². The third-order valence-electron chi connectivity index (χ3n) is 7.03. The number of nitrogens with one attached hydrogen (secondary N) is 3. The molecule has 1 fully saturated rings. The Labute approximate surface area is 275 Å². The molecule has 1 aromatic carbocycles. The highest BCUT2D eigenvalue weighted by atomic mass is 79.9. The van der Waals surface area contributed by atoms with Crippen LogP contribution in [0.3, 0.4) is 0 Å². The summed E-state index contributed by atoms with van der Waals surface area (Å²) in [6, 6.07) is 5.11. The molecule has 246 valence electrons. The van der Waals surface area contributed by atoms with Gasteiger partial charge in [-0.15, -0.1) is 0 Å². The lowest BCUT2D eigenvalue weighted by atomic mass is 10.0. The summed E-state index contributed by atoms with van der Waals surface area (Å²) < 4.78 is 66.6. The molecule has 0 amide bonds. The monoisotopic (exact) mass is 732 g/mol. The Balaban J connectivity index is 1.41. The molecule has 0 radical (unpaired) electrons. The third kappa shape index (κ3) is 7.53. The number of nitrogens with zero attached hydrogens (tertiary/aromatic N) is 7. The zero-order chi connectivity index (χ0) is 33.3. The average molecular weight is 733 g/mol. The molecule has 1 aliphatic heterocycles. The van der Waals surface area contributed by atoms with E-state index in [1.807, 2.05) is 0 Å². The van der Waals surface area contributed by atoms with Crippen LogP contribution in [0.5, 0.6) is 5.88 Å². The van der Waals surface area contributed by atoms with E-state index in [0.717, 1.165) is 0 Å². The van der Waals surface area contributed by atoms with Crippen LogP contribution in [0.1, 0.15) is 11.8 Å². The van der Waals surface area contributed by atoms with Crippen LogP contribution < -0.4 is 26.0 Å². The SMILES string of the molecule is Cn1cc(-c2cc(Nc3ncc(Br)c(Nc4ccc5nccnc5c4P(C)(C)=O)n3)c(OCC(F)(F)F)nc2C2CNCCO2)cn1. The molecule has 0 spiro atoms. The second-order valence-electron chi connectivity index (χ2n) is 11.0. The number of aryl methyl sites for hydroxylation is 1. The molecule has 1 aliphatic rings. The number of fused-ring (bicyclic) bond motifs is 1. The maximum atomic E-state index is 13.4. The largest absolute Gasteiger partial charge is 0.467 e. The molecule has 0 saturated carbocycles.